The van der Waals surface area contributed by atoms with E-state index in [2.05, 4.69) is 9.97 Å². The third-order valence-corrected chi connectivity index (χ3v) is 3.56. The van der Waals surface area contributed by atoms with E-state index >= 15 is 0 Å². The zero-order valence-corrected chi connectivity index (χ0v) is 11.7. The third-order valence-electron chi connectivity index (χ3n) is 2.71. The van der Waals surface area contributed by atoms with Crippen molar-refractivity contribution in [3.8, 4) is 22.1 Å². The van der Waals surface area contributed by atoms with Crippen molar-refractivity contribution in [2.24, 2.45) is 0 Å². The number of ether oxygens (including phenoxy) is 1. The number of rotatable bonds is 3. The Morgan fingerprint density at radius 3 is 2.70 bits per heavy atom. The lowest BCUT2D eigenvalue weighted by molar-refractivity contribution is 0.496. The summed E-state index contributed by atoms with van der Waals surface area (Å²) in [5.74, 6) is 1.10. The molecule has 0 aliphatic carbocycles. The number of anilines is 1. The number of aromatic nitrogens is 2. The molecule has 20 heavy (non-hydrogen) atoms. The van der Waals surface area contributed by atoms with Gasteiger partial charge >= 0.3 is 0 Å². The normalized spacial score (nSPS) is 10.4. The fourth-order valence-electron chi connectivity index (χ4n) is 1.85. The molecule has 0 amide bonds. The maximum atomic E-state index is 5.90. The summed E-state index contributed by atoms with van der Waals surface area (Å²) in [6, 6.07) is 13.5. The Balaban J connectivity index is 1.98. The van der Waals surface area contributed by atoms with E-state index in [1.165, 1.54) is 11.3 Å². The molecule has 1 aromatic carbocycles. The van der Waals surface area contributed by atoms with E-state index in [0.29, 0.717) is 11.6 Å². The van der Waals surface area contributed by atoms with E-state index in [1.807, 2.05) is 37.3 Å². The second-order valence-electron chi connectivity index (χ2n) is 4.25. The molecule has 2 aromatic heterocycles. The Labute approximate surface area is 120 Å². The molecular weight excluding hydrogens is 270 g/mol. The van der Waals surface area contributed by atoms with E-state index in [1.54, 1.807) is 18.3 Å². The van der Waals surface area contributed by atoms with Gasteiger partial charge in [0.15, 0.2) is 0 Å². The molecule has 0 radical (unpaired) electrons. The van der Waals surface area contributed by atoms with Crippen molar-refractivity contribution in [1.29, 1.82) is 0 Å². The van der Waals surface area contributed by atoms with E-state index in [4.69, 9.17) is 10.5 Å². The topological polar surface area (TPSA) is 61.0 Å². The summed E-state index contributed by atoms with van der Waals surface area (Å²) in [6.07, 6.45) is 1.63. The van der Waals surface area contributed by atoms with Crippen molar-refractivity contribution in [2.75, 3.05) is 5.73 Å². The highest BCUT2D eigenvalue weighted by Gasteiger charge is 2.13. The van der Waals surface area contributed by atoms with Gasteiger partial charge < -0.3 is 10.5 Å². The van der Waals surface area contributed by atoms with Crippen LogP contribution in [0.4, 0.5) is 5.82 Å². The molecule has 5 heteroatoms. The Hall–Kier alpha value is -2.40. The lowest BCUT2D eigenvalue weighted by atomic mass is 10.2. The predicted molar refractivity (Wildman–Crippen MR) is 81.0 cm³/mol. The van der Waals surface area contributed by atoms with E-state index in [-0.39, 0.29) is 0 Å². The van der Waals surface area contributed by atoms with Gasteiger partial charge in [-0.25, -0.2) is 9.97 Å². The third kappa shape index (κ3) is 2.62. The maximum absolute atomic E-state index is 5.90. The molecule has 0 atom stereocenters. The highest BCUT2D eigenvalue weighted by molar-refractivity contribution is 7.13. The Morgan fingerprint density at radius 1 is 1.15 bits per heavy atom. The van der Waals surface area contributed by atoms with E-state index in [9.17, 15) is 0 Å². The van der Waals surface area contributed by atoms with Crippen LogP contribution in [-0.4, -0.2) is 9.97 Å². The zero-order chi connectivity index (χ0) is 13.9. The summed E-state index contributed by atoms with van der Waals surface area (Å²) >= 11 is 1.52. The van der Waals surface area contributed by atoms with Gasteiger partial charge in [-0.2, -0.15) is 0 Å². The van der Waals surface area contributed by atoms with Crippen molar-refractivity contribution in [2.45, 2.75) is 6.92 Å². The average molecular weight is 283 g/mol. The number of nitrogens with zero attached hydrogens (tertiary/aromatic N) is 2. The number of nitrogens with two attached hydrogens (primary N) is 1. The molecule has 0 fully saturated rings. The quantitative estimate of drug-likeness (QED) is 0.792. The molecular formula is C15H13N3OS. The van der Waals surface area contributed by atoms with Crippen LogP contribution in [0.1, 0.15) is 5.01 Å². The first-order valence-corrected chi connectivity index (χ1v) is 6.96. The number of hydrogen-bond acceptors (Lipinski definition) is 5. The fourth-order valence-corrected chi connectivity index (χ4v) is 2.66. The molecule has 2 heterocycles. The van der Waals surface area contributed by atoms with Crippen molar-refractivity contribution < 1.29 is 4.74 Å². The summed E-state index contributed by atoms with van der Waals surface area (Å²) in [5.41, 5.74) is 7.55. The van der Waals surface area contributed by atoms with Crippen LogP contribution in [0.15, 0.2) is 48.7 Å². The fraction of sp³-hybridized carbons (Fsp3) is 0.0667. The number of pyridine rings is 1. The molecule has 3 aromatic rings. The van der Waals surface area contributed by atoms with Crippen LogP contribution < -0.4 is 10.5 Å². The molecule has 0 unspecified atom stereocenters. The summed E-state index contributed by atoms with van der Waals surface area (Å²) in [6.45, 7) is 1.96. The first-order valence-electron chi connectivity index (χ1n) is 6.14. The van der Waals surface area contributed by atoms with Gasteiger partial charge in [0.2, 0.25) is 5.06 Å². The van der Waals surface area contributed by atoms with Crippen LogP contribution in [-0.2, 0) is 0 Å². The minimum absolute atomic E-state index is 0.435. The molecule has 0 spiro atoms. The minimum Gasteiger partial charge on any atom is -0.444 e. The SMILES string of the molecule is Cc1nc(-c2ccccc2)c(Oc2ccnc(N)c2)s1. The lowest BCUT2D eigenvalue weighted by Crippen LogP contribution is -1.90. The van der Waals surface area contributed by atoms with Crippen LogP contribution in [0.3, 0.4) is 0 Å². The highest BCUT2D eigenvalue weighted by atomic mass is 32.1. The number of thiazole rings is 1. The number of hydrogen-bond donors (Lipinski definition) is 1. The van der Waals surface area contributed by atoms with E-state index < -0.39 is 0 Å². The van der Waals surface area contributed by atoms with Crippen LogP contribution in [0.5, 0.6) is 10.8 Å². The second-order valence-corrected chi connectivity index (χ2v) is 5.42. The average Bonchev–Trinajstić information content (AvgIpc) is 2.80. The molecule has 0 bridgehead atoms. The summed E-state index contributed by atoms with van der Waals surface area (Å²) in [7, 11) is 0. The largest absolute Gasteiger partial charge is 0.444 e. The molecule has 0 saturated carbocycles. The van der Waals surface area contributed by atoms with Gasteiger partial charge in [0, 0.05) is 17.8 Å². The van der Waals surface area contributed by atoms with Crippen LogP contribution >= 0.6 is 11.3 Å². The molecule has 0 saturated heterocycles. The maximum Gasteiger partial charge on any atom is 0.208 e. The van der Waals surface area contributed by atoms with Gasteiger partial charge in [-0.15, -0.1) is 0 Å². The molecule has 3 rings (SSSR count). The van der Waals surface area contributed by atoms with Gasteiger partial charge in [0.1, 0.15) is 17.3 Å². The summed E-state index contributed by atoms with van der Waals surface area (Å²) < 4.78 is 5.90. The standard InChI is InChI=1S/C15H13N3OS/c1-10-18-14(11-5-3-2-4-6-11)15(20-10)19-12-7-8-17-13(16)9-12/h2-9H,1H3,(H2,16,17). The second kappa shape index (κ2) is 5.30. The highest BCUT2D eigenvalue weighted by Crippen LogP contribution is 2.38. The van der Waals surface area contributed by atoms with Gasteiger partial charge in [-0.1, -0.05) is 41.7 Å². The van der Waals surface area contributed by atoms with Gasteiger partial charge in [-0.05, 0) is 13.0 Å². The number of aryl methyl sites for hydroxylation is 1. The van der Waals surface area contributed by atoms with Crippen molar-refractivity contribution in [1.82, 2.24) is 9.97 Å². The summed E-state index contributed by atoms with van der Waals surface area (Å²) in [4.78, 5) is 8.50. The van der Waals surface area contributed by atoms with E-state index in [0.717, 1.165) is 21.3 Å². The van der Waals surface area contributed by atoms with Gasteiger partial charge in [0.05, 0.1) is 5.01 Å². The molecule has 0 aliphatic rings. The molecule has 0 aliphatic heterocycles. The molecule has 4 nitrogen and oxygen atoms in total. The van der Waals surface area contributed by atoms with Crippen LogP contribution in [0, 0.1) is 6.92 Å². The summed E-state index contributed by atoms with van der Waals surface area (Å²) in [5, 5.41) is 1.72. The van der Waals surface area contributed by atoms with Crippen LogP contribution in [0.25, 0.3) is 11.3 Å². The zero-order valence-electron chi connectivity index (χ0n) is 10.9. The van der Waals surface area contributed by atoms with Gasteiger partial charge in [-0.3, -0.25) is 0 Å². The van der Waals surface area contributed by atoms with Crippen LogP contribution in [0.2, 0.25) is 0 Å². The minimum atomic E-state index is 0.435. The molecule has 2 N–H and O–H groups in total. The number of benzene rings is 1. The Bertz CT molecular complexity index is 725. The first-order chi connectivity index (χ1) is 9.72. The Kier molecular flexibility index (Phi) is 3.35. The number of nitrogen functional groups attached to an aromatic ring is 1. The monoisotopic (exact) mass is 283 g/mol. The molecule has 100 valence electrons. The predicted octanol–water partition coefficient (Wildman–Crippen LogP) is 3.89. The van der Waals surface area contributed by atoms with Crippen molar-refractivity contribution >= 4 is 17.2 Å². The van der Waals surface area contributed by atoms with Gasteiger partial charge in [0.25, 0.3) is 0 Å². The lowest BCUT2D eigenvalue weighted by Gasteiger charge is -2.05. The Morgan fingerprint density at radius 2 is 1.95 bits per heavy atom. The first kappa shape index (κ1) is 12.6. The smallest absolute Gasteiger partial charge is 0.208 e. The van der Waals surface area contributed by atoms with Crippen molar-refractivity contribution in [3.63, 3.8) is 0 Å². The van der Waals surface area contributed by atoms with Crippen molar-refractivity contribution in [3.05, 3.63) is 53.7 Å².